The van der Waals surface area contributed by atoms with E-state index in [-0.39, 0.29) is 0 Å². The van der Waals surface area contributed by atoms with Crippen molar-refractivity contribution in [1.82, 2.24) is 14.9 Å². The zero-order valence-electron chi connectivity index (χ0n) is 11.0. The highest BCUT2D eigenvalue weighted by Crippen LogP contribution is 2.18. The first-order chi connectivity index (χ1) is 8.63. The summed E-state index contributed by atoms with van der Waals surface area (Å²) in [4.78, 5) is 10.5. The van der Waals surface area contributed by atoms with Crippen LogP contribution in [-0.4, -0.2) is 41.1 Å². The SMILES string of the molecule is CC(C)CCN1CC(COc2cncc(Cl)n2)C1. The van der Waals surface area contributed by atoms with E-state index in [1.807, 2.05) is 0 Å². The molecule has 0 spiro atoms. The predicted octanol–water partition coefficient (Wildman–Crippen LogP) is 2.49. The second kappa shape index (κ2) is 6.34. The first-order valence-corrected chi connectivity index (χ1v) is 6.84. The van der Waals surface area contributed by atoms with Crippen LogP contribution >= 0.6 is 11.6 Å². The van der Waals surface area contributed by atoms with Crippen LogP contribution in [0.25, 0.3) is 0 Å². The fraction of sp³-hybridized carbons (Fsp3) is 0.692. The molecule has 0 aromatic carbocycles. The van der Waals surface area contributed by atoms with Crippen molar-refractivity contribution >= 4 is 11.6 Å². The van der Waals surface area contributed by atoms with E-state index in [0.29, 0.717) is 23.6 Å². The number of ether oxygens (including phenoxy) is 1. The number of hydrogen-bond acceptors (Lipinski definition) is 4. The molecule has 1 saturated heterocycles. The molecule has 2 heterocycles. The molecule has 0 atom stereocenters. The molecule has 0 saturated carbocycles. The minimum atomic E-state index is 0.375. The zero-order chi connectivity index (χ0) is 13.0. The molecule has 0 radical (unpaired) electrons. The Morgan fingerprint density at radius 3 is 2.89 bits per heavy atom. The fourth-order valence-corrected chi connectivity index (χ4v) is 2.14. The average molecular weight is 270 g/mol. The fourth-order valence-electron chi connectivity index (χ4n) is 2.00. The van der Waals surface area contributed by atoms with Crippen molar-refractivity contribution in [3.05, 3.63) is 17.5 Å². The van der Waals surface area contributed by atoms with Gasteiger partial charge in [0.15, 0.2) is 5.15 Å². The Morgan fingerprint density at radius 1 is 1.44 bits per heavy atom. The topological polar surface area (TPSA) is 38.2 Å². The van der Waals surface area contributed by atoms with Crippen molar-refractivity contribution in [2.24, 2.45) is 11.8 Å². The number of hydrogen-bond donors (Lipinski definition) is 0. The van der Waals surface area contributed by atoms with E-state index in [2.05, 4.69) is 28.7 Å². The molecule has 1 aliphatic heterocycles. The number of rotatable bonds is 6. The van der Waals surface area contributed by atoms with E-state index >= 15 is 0 Å². The standard InChI is InChI=1S/C13H20ClN3O/c1-10(2)3-4-17-7-11(8-17)9-18-13-6-15-5-12(14)16-13/h5-6,10-11H,3-4,7-9H2,1-2H3. The zero-order valence-corrected chi connectivity index (χ0v) is 11.7. The van der Waals surface area contributed by atoms with Crippen LogP contribution in [0.15, 0.2) is 12.4 Å². The molecule has 1 aliphatic rings. The van der Waals surface area contributed by atoms with Crippen LogP contribution in [0.1, 0.15) is 20.3 Å². The minimum absolute atomic E-state index is 0.375. The van der Waals surface area contributed by atoms with E-state index in [1.165, 1.54) is 19.2 Å². The van der Waals surface area contributed by atoms with Crippen LogP contribution in [-0.2, 0) is 0 Å². The Kier molecular flexibility index (Phi) is 4.78. The Morgan fingerprint density at radius 2 is 2.22 bits per heavy atom. The van der Waals surface area contributed by atoms with Crippen LogP contribution in [0.4, 0.5) is 0 Å². The molecule has 0 N–H and O–H groups in total. The number of aromatic nitrogens is 2. The van der Waals surface area contributed by atoms with E-state index in [9.17, 15) is 0 Å². The van der Waals surface area contributed by atoms with E-state index in [0.717, 1.165) is 19.0 Å². The van der Waals surface area contributed by atoms with Gasteiger partial charge in [-0.1, -0.05) is 25.4 Å². The van der Waals surface area contributed by atoms with Gasteiger partial charge in [-0.2, -0.15) is 4.98 Å². The van der Waals surface area contributed by atoms with Gasteiger partial charge in [0.25, 0.3) is 0 Å². The summed E-state index contributed by atoms with van der Waals surface area (Å²) >= 11 is 5.74. The third kappa shape index (κ3) is 4.10. The van der Waals surface area contributed by atoms with E-state index < -0.39 is 0 Å². The van der Waals surface area contributed by atoms with E-state index in [4.69, 9.17) is 16.3 Å². The van der Waals surface area contributed by atoms with Crippen molar-refractivity contribution in [3.8, 4) is 5.88 Å². The molecule has 18 heavy (non-hydrogen) atoms. The van der Waals surface area contributed by atoms with Gasteiger partial charge in [0.05, 0.1) is 19.0 Å². The summed E-state index contributed by atoms with van der Waals surface area (Å²) in [7, 11) is 0. The predicted molar refractivity (Wildman–Crippen MR) is 71.9 cm³/mol. The molecular weight excluding hydrogens is 250 g/mol. The largest absolute Gasteiger partial charge is 0.476 e. The molecule has 100 valence electrons. The molecule has 1 aromatic heterocycles. The minimum Gasteiger partial charge on any atom is -0.476 e. The van der Waals surface area contributed by atoms with Crippen LogP contribution in [0.5, 0.6) is 5.88 Å². The number of nitrogens with zero attached hydrogens (tertiary/aromatic N) is 3. The Labute approximate surface area is 113 Å². The highest BCUT2D eigenvalue weighted by molar-refractivity contribution is 6.29. The summed E-state index contributed by atoms with van der Waals surface area (Å²) in [5, 5.41) is 0.375. The summed E-state index contributed by atoms with van der Waals surface area (Å²) in [6.45, 7) is 8.68. The summed E-state index contributed by atoms with van der Waals surface area (Å²) in [6, 6.07) is 0. The molecule has 0 amide bonds. The average Bonchev–Trinajstić information content (AvgIpc) is 2.26. The molecule has 4 nitrogen and oxygen atoms in total. The summed E-state index contributed by atoms with van der Waals surface area (Å²) in [5.41, 5.74) is 0. The second-order valence-electron chi connectivity index (χ2n) is 5.30. The molecule has 0 unspecified atom stereocenters. The van der Waals surface area contributed by atoms with Gasteiger partial charge in [-0.3, -0.25) is 4.98 Å². The molecule has 0 aliphatic carbocycles. The van der Waals surface area contributed by atoms with Gasteiger partial charge in [0.1, 0.15) is 0 Å². The van der Waals surface area contributed by atoms with Crippen molar-refractivity contribution in [2.75, 3.05) is 26.2 Å². The molecular formula is C13H20ClN3O. The van der Waals surface area contributed by atoms with Crippen molar-refractivity contribution < 1.29 is 4.74 Å². The Balaban J connectivity index is 1.62. The Hall–Kier alpha value is -0.870. The first kappa shape index (κ1) is 13.6. The van der Waals surface area contributed by atoms with Crippen molar-refractivity contribution in [3.63, 3.8) is 0 Å². The third-order valence-electron chi connectivity index (χ3n) is 3.11. The maximum Gasteiger partial charge on any atom is 0.233 e. The maximum atomic E-state index is 5.74. The molecule has 1 aromatic rings. The smallest absolute Gasteiger partial charge is 0.233 e. The van der Waals surface area contributed by atoms with E-state index in [1.54, 1.807) is 6.20 Å². The normalized spacial score (nSPS) is 16.9. The first-order valence-electron chi connectivity index (χ1n) is 6.46. The van der Waals surface area contributed by atoms with Gasteiger partial charge in [0, 0.05) is 19.0 Å². The van der Waals surface area contributed by atoms with Gasteiger partial charge >= 0.3 is 0 Å². The van der Waals surface area contributed by atoms with Crippen LogP contribution < -0.4 is 4.74 Å². The van der Waals surface area contributed by atoms with Crippen molar-refractivity contribution in [1.29, 1.82) is 0 Å². The van der Waals surface area contributed by atoms with Crippen LogP contribution in [0.2, 0.25) is 5.15 Å². The molecule has 1 fully saturated rings. The van der Waals surface area contributed by atoms with Gasteiger partial charge in [-0.15, -0.1) is 0 Å². The molecule has 2 rings (SSSR count). The van der Waals surface area contributed by atoms with Crippen LogP contribution in [0.3, 0.4) is 0 Å². The summed E-state index contributed by atoms with van der Waals surface area (Å²) in [5.74, 6) is 1.91. The third-order valence-corrected chi connectivity index (χ3v) is 3.29. The lowest BCUT2D eigenvalue weighted by Crippen LogP contribution is -2.49. The van der Waals surface area contributed by atoms with Crippen molar-refractivity contribution in [2.45, 2.75) is 20.3 Å². The van der Waals surface area contributed by atoms with Gasteiger partial charge in [-0.25, -0.2) is 0 Å². The lowest BCUT2D eigenvalue weighted by molar-refractivity contribution is 0.0570. The van der Waals surface area contributed by atoms with Crippen LogP contribution in [0, 0.1) is 11.8 Å². The maximum absolute atomic E-state index is 5.74. The molecule has 5 heteroatoms. The monoisotopic (exact) mass is 269 g/mol. The van der Waals surface area contributed by atoms with Gasteiger partial charge in [0.2, 0.25) is 5.88 Å². The second-order valence-corrected chi connectivity index (χ2v) is 5.69. The number of halogens is 1. The highest BCUT2D eigenvalue weighted by atomic mass is 35.5. The highest BCUT2D eigenvalue weighted by Gasteiger charge is 2.26. The number of likely N-dealkylation sites (tertiary alicyclic amines) is 1. The lowest BCUT2D eigenvalue weighted by Gasteiger charge is -2.39. The molecule has 0 bridgehead atoms. The Bertz CT molecular complexity index is 380. The quantitative estimate of drug-likeness (QED) is 0.795. The van der Waals surface area contributed by atoms with Gasteiger partial charge < -0.3 is 9.64 Å². The van der Waals surface area contributed by atoms with Gasteiger partial charge in [-0.05, 0) is 18.9 Å². The summed E-state index contributed by atoms with van der Waals surface area (Å²) < 4.78 is 5.58. The lowest BCUT2D eigenvalue weighted by atomic mass is 10.00. The summed E-state index contributed by atoms with van der Waals surface area (Å²) in [6.07, 6.45) is 4.37.